The molecule has 1 saturated heterocycles. The second-order valence-electron chi connectivity index (χ2n) is 4.27. The minimum absolute atomic E-state index is 0.143. The summed E-state index contributed by atoms with van der Waals surface area (Å²) in [5.74, 6) is -1.28. The highest BCUT2D eigenvalue weighted by Gasteiger charge is 2.46. The number of aliphatic hydroxyl groups is 1. The number of hydrogen-bond donors (Lipinski definition) is 1. The van der Waals surface area contributed by atoms with Crippen molar-refractivity contribution in [3.63, 3.8) is 0 Å². The molecule has 0 unspecified atom stereocenters. The van der Waals surface area contributed by atoms with E-state index in [0.717, 1.165) is 15.4 Å². The van der Waals surface area contributed by atoms with Crippen LogP contribution in [0.15, 0.2) is 23.1 Å². The largest absolute Gasteiger partial charge is 0.423 e. The SMILES string of the molecule is O=C([C@H](O)C(F)(F)F)N1CCC(=Cc2cccs2)C1. The van der Waals surface area contributed by atoms with Gasteiger partial charge in [0.1, 0.15) is 0 Å². The Morgan fingerprint density at radius 3 is 2.84 bits per heavy atom. The molecule has 19 heavy (non-hydrogen) atoms. The molecular weight excluding hydrogens is 279 g/mol. The minimum Gasteiger partial charge on any atom is -0.376 e. The Kier molecular flexibility index (Phi) is 3.96. The summed E-state index contributed by atoms with van der Waals surface area (Å²) in [4.78, 5) is 13.5. The third-order valence-electron chi connectivity index (χ3n) is 2.84. The number of halogens is 3. The van der Waals surface area contributed by atoms with Crippen LogP contribution in [0.4, 0.5) is 13.2 Å². The van der Waals surface area contributed by atoms with E-state index < -0.39 is 18.2 Å². The van der Waals surface area contributed by atoms with Crippen LogP contribution in [0, 0.1) is 0 Å². The lowest BCUT2D eigenvalue weighted by atomic mass is 10.2. The van der Waals surface area contributed by atoms with E-state index in [1.165, 1.54) is 11.3 Å². The molecule has 1 amide bonds. The molecule has 1 atom stereocenters. The molecule has 0 aromatic carbocycles. The molecule has 104 valence electrons. The maximum absolute atomic E-state index is 12.2. The first-order valence-electron chi connectivity index (χ1n) is 5.64. The lowest BCUT2D eigenvalue weighted by Gasteiger charge is -2.20. The van der Waals surface area contributed by atoms with Gasteiger partial charge in [0, 0.05) is 18.0 Å². The first-order valence-corrected chi connectivity index (χ1v) is 6.52. The molecule has 1 aliphatic heterocycles. The first kappa shape index (κ1) is 14.1. The normalized spacial score (nSPS) is 20.0. The second kappa shape index (κ2) is 5.34. The number of likely N-dealkylation sites (tertiary alicyclic amines) is 1. The summed E-state index contributed by atoms with van der Waals surface area (Å²) >= 11 is 1.52. The first-order chi connectivity index (χ1) is 8.88. The molecule has 1 fully saturated rings. The van der Waals surface area contributed by atoms with Crippen molar-refractivity contribution in [2.24, 2.45) is 0 Å². The fraction of sp³-hybridized carbons (Fsp3) is 0.417. The maximum Gasteiger partial charge on any atom is 0.423 e. The third-order valence-corrected chi connectivity index (χ3v) is 3.66. The minimum atomic E-state index is -4.91. The maximum atomic E-state index is 12.2. The lowest BCUT2D eigenvalue weighted by molar-refractivity contribution is -0.210. The van der Waals surface area contributed by atoms with E-state index in [2.05, 4.69) is 0 Å². The number of carbonyl (C=O) groups excluding carboxylic acids is 1. The van der Waals surface area contributed by atoms with Gasteiger partial charge in [0.15, 0.2) is 0 Å². The number of amides is 1. The predicted octanol–water partition coefficient (Wildman–Crippen LogP) is 2.29. The molecule has 0 bridgehead atoms. The van der Waals surface area contributed by atoms with E-state index in [9.17, 15) is 18.0 Å². The van der Waals surface area contributed by atoms with Crippen LogP contribution in [-0.4, -0.2) is 41.3 Å². The Labute approximate surface area is 112 Å². The summed E-state index contributed by atoms with van der Waals surface area (Å²) in [6.45, 7) is 0.354. The van der Waals surface area contributed by atoms with Gasteiger partial charge >= 0.3 is 6.18 Å². The predicted molar refractivity (Wildman–Crippen MR) is 65.6 cm³/mol. The molecule has 1 aromatic rings. The molecule has 1 aliphatic rings. The van der Waals surface area contributed by atoms with Gasteiger partial charge in [0.25, 0.3) is 5.91 Å². The highest BCUT2D eigenvalue weighted by molar-refractivity contribution is 7.10. The molecule has 0 saturated carbocycles. The van der Waals surface area contributed by atoms with Gasteiger partial charge in [0.2, 0.25) is 6.10 Å². The lowest BCUT2D eigenvalue weighted by Crippen LogP contribution is -2.45. The number of aliphatic hydroxyl groups excluding tert-OH is 1. The van der Waals surface area contributed by atoms with Gasteiger partial charge in [-0.05, 0) is 29.5 Å². The van der Waals surface area contributed by atoms with Gasteiger partial charge in [-0.25, -0.2) is 0 Å². The number of hydrogen-bond acceptors (Lipinski definition) is 3. The van der Waals surface area contributed by atoms with Crippen molar-refractivity contribution in [1.29, 1.82) is 0 Å². The van der Waals surface area contributed by atoms with Gasteiger partial charge in [-0.2, -0.15) is 13.2 Å². The summed E-state index contributed by atoms with van der Waals surface area (Å²) in [7, 11) is 0. The summed E-state index contributed by atoms with van der Waals surface area (Å²) in [5.41, 5.74) is 0.894. The van der Waals surface area contributed by atoms with Gasteiger partial charge in [-0.1, -0.05) is 6.07 Å². The second-order valence-corrected chi connectivity index (χ2v) is 5.25. The van der Waals surface area contributed by atoms with Gasteiger partial charge in [-0.3, -0.25) is 4.79 Å². The summed E-state index contributed by atoms with van der Waals surface area (Å²) in [5, 5.41) is 10.8. The van der Waals surface area contributed by atoms with Crippen LogP contribution in [0.1, 0.15) is 11.3 Å². The fourth-order valence-electron chi connectivity index (χ4n) is 1.88. The smallest absolute Gasteiger partial charge is 0.376 e. The Hall–Kier alpha value is -1.34. The van der Waals surface area contributed by atoms with E-state index in [1.807, 2.05) is 23.6 Å². The van der Waals surface area contributed by atoms with E-state index in [1.54, 1.807) is 0 Å². The monoisotopic (exact) mass is 291 g/mol. The Morgan fingerprint density at radius 1 is 1.53 bits per heavy atom. The Balaban J connectivity index is 2.01. The molecule has 0 spiro atoms. The van der Waals surface area contributed by atoms with Crippen LogP contribution < -0.4 is 0 Å². The quantitative estimate of drug-likeness (QED) is 0.908. The highest BCUT2D eigenvalue weighted by atomic mass is 32.1. The molecule has 2 rings (SSSR count). The average Bonchev–Trinajstić information content (AvgIpc) is 2.98. The Bertz CT molecular complexity index is 482. The van der Waals surface area contributed by atoms with Crippen molar-refractivity contribution in [3.05, 3.63) is 28.0 Å². The van der Waals surface area contributed by atoms with Crippen LogP contribution >= 0.6 is 11.3 Å². The van der Waals surface area contributed by atoms with Crippen LogP contribution in [0.2, 0.25) is 0 Å². The van der Waals surface area contributed by atoms with E-state index >= 15 is 0 Å². The standard InChI is InChI=1S/C12H12F3NO2S/c13-12(14,15)10(17)11(18)16-4-3-8(7-16)6-9-2-1-5-19-9/h1-2,5-6,10,17H,3-4,7H2/t10-/m0/s1. The summed E-state index contributed by atoms with van der Waals surface area (Å²) in [6.07, 6.45) is -5.42. The molecule has 1 aromatic heterocycles. The zero-order valence-electron chi connectivity index (χ0n) is 9.85. The number of alkyl halides is 3. The van der Waals surface area contributed by atoms with Crippen molar-refractivity contribution in [2.45, 2.75) is 18.7 Å². The molecule has 7 heteroatoms. The molecule has 2 heterocycles. The summed E-state index contributed by atoms with van der Waals surface area (Å²) < 4.78 is 36.7. The number of rotatable bonds is 2. The van der Waals surface area contributed by atoms with Crippen molar-refractivity contribution < 1.29 is 23.1 Å². The molecule has 0 aliphatic carbocycles. The molecule has 1 N–H and O–H groups in total. The van der Waals surface area contributed by atoms with Crippen molar-refractivity contribution in [3.8, 4) is 0 Å². The molecular formula is C12H12F3NO2S. The van der Waals surface area contributed by atoms with Gasteiger partial charge < -0.3 is 10.0 Å². The van der Waals surface area contributed by atoms with Gasteiger partial charge in [0.05, 0.1) is 0 Å². The van der Waals surface area contributed by atoms with Gasteiger partial charge in [-0.15, -0.1) is 11.3 Å². The zero-order chi connectivity index (χ0) is 14.0. The Morgan fingerprint density at radius 2 is 2.26 bits per heavy atom. The van der Waals surface area contributed by atoms with Crippen molar-refractivity contribution in [1.82, 2.24) is 4.90 Å². The molecule has 0 radical (unpaired) electrons. The summed E-state index contributed by atoms with van der Waals surface area (Å²) in [6, 6.07) is 3.77. The van der Waals surface area contributed by atoms with Crippen LogP contribution in [0.25, 0.3) is 6.08 Å². The highest BCUT2D eigenvalue weighted by Crippen LogP contribution is 2.25. The zero-order valence-corrected chi connectivity index (χ0v) is 10.7. The topological polar surface area (TPSA) is 40.5 Å². The van der Waals surface area contributed by atoms with Crippen molar-refractivity contribution >= 4 is 23.3 Å². The average molecular weight is 291 g/mol. The van der Waals surface area contributed by atoms with Crippen LogP contribution in [0.3, 0.4) is 0 Å². The third kappa shape index (κ3) is 3.36. The van der Waals surface area contributed by atoms with E-state index in [0.29, 0.717) is 6.42 Å². The molecule has 3 nitrogen and oxygen atoms in total. The van der Waals surface area contributed by atoms with Crippen LogP contribution in [0.5, 0.6) is 0 Å². The van der Waals surface area contributed by atoms with E-state index in [4.69, 9.17) is 5.11 Å². The fourth-order valence-corrected chi connectivity index (χ4v) is 2.58. The number of nitrogens with zero attached hydrogens (tertiary/aromatic N) is 1. The van der Waals surface area contributed by atoms with Crippen LogP contribution in [-0.2, 0) is 4.79 Å². The van der Waals surface area contributed by atoms with E-state index in [-0.39, 0.29) is 13.1 Å². The van der Waals surface area contributed by atoms with Crippen molar-refractivity contribution in [2.75, 3.05) is 13.1 Å². The number of thiophene rings is 1. The number of carbonyl (C=O) groups is 1.